The maximum Gasteiger partial charge on any atom is 0.416 e. The minimum Gasteiger partial charge on any atom is -0.326 e. The zero-order chi connectivity index (χ0) is 15.5. The molecule has 0 aliphatic carbocycles. The van der Waals surface area contributed by atoms with E-state index in [2.05, 4.69) is 5.32 Å². The highest BCUT2D eigenvalue weighted by Crippen LogP contribution is 2.32. The van der Waals surface area contributed by atoms with Crippen molar-refractivity contribution in [2.24, 2.45) is 5.73 Å². The minimum atomic E-state index is -4.46. The van der Waals surface area contributed by atoms with Crippen LogP contribution in [0.5, 0.6) is 0 Å². The van der Waals surface area contributed by atoms with Crippen LogP contribution in [0.2, 0.25) is 0 Å². The summed E-state index contributed by atoms with van der Waals surface area (Å²) in [5.74, 6) is 2.29. The van der Waals surface area contributed by atoms with Gasteiger partial charge in [-0.1, -0.05) is 0 Å². The van der Waals surface area contributed by atoms with E-state index < -0.39 is 11.7 Å². The lowest BCUT2D eigenvalue weighted by Crippen LogP contribution is -2.30. The van der Waals surface area contributed by atoms with Crippen molar-refractivity contribution in [2.75, 3.05) is 22.6 Å². The number of carbonyl (C=O) groups is 1. The maximum absolute atomic E-state index is 12.8. The molecule has 3 nitrogen and oxygen atoms in total. The Kier molecular flexibility index (Phi) is 5.45. The van der Waals surface area contributed by atoms with Crippen molar-refractivity contribution < 1.29 is 18.0 Å². The van der Waals surface area contributed by atoms with Crippen molar-refractivity contribution in [3.8, 4) is 0 Å². The third kappa shape index (κ3) is 4.55. The Labute approximate surface area is 129 Å². The van der Waals surface area contributed by atoms with Crippen LogP contribution in [-0.2, 0) is 17.5 Å². The van der Waals surface area contributed by atoms with Gasteiger partial charge in [0.1, 0.15) is 0 Å². The van der Waals surface area contributed by atoms with E-state index in [0.29, 0.717) is 11.3 Å². The molecule has 8 heteroatoms. The highest BCUT2D eigenvalue weighted by atomic mass is 32.2. The number of benzene rings is 1. The molecule has 0 spiro atoms. The lowest BCUT2D eigenvalue weighted by atomic mass is 10.1. The zero-order valence-electron chi connectivity index (χ0n) is 11.1. The number of rotatable bonds is 3. The summed E-state index contributed by atoms with van der Waals surface area (Å²) in [6.45, 7) is -0.0131. The van der Waals surface area contributed by atoms with E-state index >= 15 is 0 Å². The number of nitrogens with two attached hydrogens (primary N) is 1. The van der Waals surface area contributed by atoms with Gasteiger partial charge in [-0.25, -0.2) is 0 Å². The van der Waals surface area contributed by atoms with Crippen LogP contribution in [-0.4, -0.2) is 28.4 Å². The van der Waals surface area contributed by atoms with Crippen molar-refractivity contribution >= 4 is 35.1 Å². The summed E-state index contributed by atoms with van der Waals surface area (Å²) in [6, 6.07) is 3.42. The molecule has 2 rings (SSSR count). The molecule has 1 unspecified atom stereocenters. The molecule has 1 aromatic rings. The molecule has 1 fully saturated rings. The molecular weight excluding hydrogens is 321 g/mol. The molecular formula is C13H15F3N2OS2. The van der Waals surface area contributed by atoms with Crippen LogP contribution in [0.4, 0.5) is 18.9 Å². The second kappa shape index (κ2) is 6.93. The second-order valence-electron chi connectivity index (χ2n) is 4.54. The molecule has 3 N–H and O–H groups in total. The van der Waals surface area contributed by atoms with Crippen LogP contribution < -0.4 is 11.1 Å². The fraction of sp³-hybridized carbons (Fsp3) is 0.462. The average molecular weight is 336 g/mol. The van der Waals surface area contributed by atoms with E-state index in [1.807, 2.05) is 0 Å². The van der Waals surface area contributed by atoms with Crippen LogP contribution in [0, 0.1) is 0 Å². The van der Waals surface area contributed by atoms with Crippen molar-refractivity contribution in [2.45, 2.75) is 18.0 Å². The Morgan fingerprint density at radius 3 is 2.67 bits per heavy atom. The number of thioether (sulfide) groups is 2. The zero-order valence-corrected chi connectivity index (χ0v) is 12.7. The monoisotopic (exact) mass is 336 g/mol. The molecule has 0 aromatic heterocycles. The molecule has 1 saturated heterocycles. The van der Waals surface area contributed by atoms with Crippen LogP contribution in [0.15, 0.2) is 18.2 Å². The first-order valence-electron chi connectivity index (χ1n) is 6.31. The number of hydrogen-bond donors (Lipinski definition) is 2. The number of nitrogens with one attached hydrogen (secondary N) is 1. The lowest BCUT2D eigenvalue weighted by Gasteiger charge is -2.20. The molecule has 0 bridgehead atoms. The lowest BCUT2D eigenvalue weighted by molar-refractivity contribution is -0.137. The van der Waals surface area contributed by atoms with Gasteiger partial charge in [0.15, 0.2) is 0 Å². The van der Waals surface area contributed by atoms with E-state index in [1.54, 1.807) is 11.8 Å². The van der Waals surface area contributed by atoms with Gasteiger partial charge in [0.05, 0.1) is 10.8 Å². The van der Waals surface area contributed by atoms with Gasteiger partial charge < -0.3 is 11.1 Å². The van der Waals surface area contributed by atoms with Crippen molar-refractivity contribution in [1.29, 1.82) is 0 Å². The number of amides is 1. The number of anilines is 1. The first kappa shape index (κ1) is 16.5. The molecule has 1 heterocycles. The molecule has 1 aromatic carbocycles. The van der Waals surface area contributed by atoms with E-state index in [1.165, 1.54) is 17.8 Å². The highest BCUT2D eigenvalue weighted by molar-refractivity contribution is 8.07. The largest absolute Gasteiger partial charge is 0.416 e. The van der Waals surface area contributed by atoms with Gasteiger partial charge in [0.2, 0.25) is 5.91 Å². The summed E-state index contributed by atoms with van der Waals surface area (Å²) < 4.78 is 38.4. The third-order valence-corrected chi connectivity index (χ3v) is 5.69. The summed E-state index contributed by atoms with van der Waals surface area (Å²) in [5, 5.41) is 2.35. The minimum absolute atomic E-state index is 0.0131. The van der Waals surface area contributed by atoms with Crippen molar-refractivity contribution in [1.82, 2.24) is 0 Å². The highest BCUT2D eigenvalue weighted by Gasteiger charge is 2.31. The molecule has 1 amide bonds. The summed E-state index contributed by atoms with van der Waals surface area (Å²) >= 11 is 3.21. The molecule has 0 radical (unpaired) electrons. The standard InChI is InChI=1S/C13H15F3N2OS2/c14-13(15,16)9-3-8(6-17)4-10(5-9)18-12(19)11-7-20-1-2-21-11/h3-5,11H,1-2,6-7,17H2,(H,18,19). The quantitative estimate of drug-likeness (QED) is 0.891. The predicted octanol–water partition coefficient (Wildman–Crippen LogP) is 2.95. The Balaban J connectivity index is 2.16. The Morgan fingerprint density at radius 1 is 1.33 bits per heavy atom. The fourth-order valence-corrected chi connectivity index (χ4v) is 4.46. The maximum atomic E-state index is 12.8. The normalized spacial score (nSPS) is 19.3. The predicted molar refractivity (Wildman–Crippen MR) is 81.5 cm³/mol. The Bertz CT molecular complexity index is 517. The first-order valence-corrected chi connectivity index (χ1v) is 8.52. The van der Waals surface area contributed by atoms with E-state index in [-0.39, 0.29) is 23.4 Å². The Hall–Kier alpha value is -0.860. The molecule has 1 aliphatic rings. The number of carbonyl (C=O) groups excluding carboxylic acids is 1. The van der Waals surface area contributed by atoms with E-state index in [0.717, 1.165) is 23.6 Å². The van der Waals surface area contributed by atoms with Gasteiger partial charge in [0, 0.05) is 29.5 Å². The van der Waals surface area contributed by atoms with E-state index in [4.69, 9.17) is 5.73 Å². The summed E-state index contributed by atoms with van der Waals surface area (Å²) in [4.78, 5) is 12.1. The Morgan fingerprint density at radius 2 is 2.10 bits per heavy atom. The summed E-state index contributed by atoms with van der Waals surface area (Å²) in [5.41, 5.74) is 5.10. The van der Waals surface area contributed by atoms with Crippen LogP contribution in [0.1, 0.15) is 11.1 Å². The van der Waals surface area contributed by atoms with Crippen LogP contribution in [0.3, 0.4) is 0 Å². The number of hydrogen-bond acceptors (Lipinski definition) is 4. The molecule has 1 aliphatic heterocycles. The van der Waals surface area contributed by atoms with Gasteiger partial charge in [-0.3, -0.25) is 4.79 Å². The van der Waals surface area contributed by atoms with Crippen LogP contribution >= 0.6 is 23.5 Å². The number of halogens is 3. The number of alkyl halides is 3. The molecule has 0 saturated carbocycles. The van der Waals surface area contributed by atoms with Gasteiger partial charge in [-0.2, -0.15) is 24.9 Å². The molecule has 116 valence electrons. The molecule has 1 atom stereocenters. The summed E-state index contributed by atoms with van der Waals surface area (Å²) in [7, 11) is 0. The van der Waals surface area contributed by atoms with Gasteiger partial charge in [0.25, 0.3) is 0 Å². The van der Waals surface area contributed by atoms with Gasteiger partial charge in [-0.15, -0.1) is 11.8 Å². The van der Waals surface area contributed by atoms with Crippen LogP contribution in [0.25, 0.3) is 0 Å². The van der Waals surface area contributed by atoms with Gasteiger partial charge in [-0.05, 0) is 23.8 Å². The second-order valence-corrected chi connectivity index (χ2v) is 7.00. The topological polar surface area (TPSA) is 55.1 Å². The fourth-order valence-electron chi connectivity index (χ4n) is 1.91. The average Bonchev–Trinajstić information content (AvgIpc) is 2.46. The SMILES string of the molecule is NCc1cc(NC(=O)C2CSCCS2)cc(C(F)(F)F)c1. The first-order chi connectivity index (χ1) is 9.90. The van der Waals surface area contributed by atoms with E-state index in [9.17, 15) is 18.0 Å². The van der Waals surface area contributed by atoms with Crippen molar-refractivity contribution in [3.63, 3.8) is 0 Å². The third-order valence-electron chi connectivity index (χ3n) is 2.93. The smallest absolute Gasteiger partial charge is 0.326 e. The van der Waals surface area contributed by atoms with Crippen molar-refractivity contribution in [3.05, 3.63) is 29.3 Å². The summed E-state index contributed by atoms with van der Waals surface area (Å²) in [6.07, 6.45) is -4.46. The molecule has 21 heavy (non-hydrogen) atoms. The van der Waals surface area contributed by atoms with Gasteiger partial charge >= 0.3 is 6.18 Å².